The Morgan fingerprint density at radius 3 is 2.76 bits per heavy atom. The number of cyclic esters (lactones) is 1. The van der Waals surface area contributed by atoms with Crippen molar-refractivity contribution in [2.75, 3.05) is 7.11 Å². The van der Waals surface area contributed by atoms with E-state index < -0.39 is 10.9 Å². The average Bonchev–Trinajstić information content (AvgIpc) is 2.96. The second-order valence-corrected chi connectivity index (χ2v) is 5.41. The predicted octanol–water partition coefficient (Wildman–Crippen LogP) is 3.60. The fraction of sp³-hybridized carbons (Fsp3) is 0.0588. The van der Waals surface area contributed by atoms with Crippen LogP contribution in [0.4, 0.5) is 5.69 Å². The summed E-state index contributed by atoms with van der Waals surface area (Å²) < 4.78 is 10.3. The monoisotopic (exact) mass is 358 g/mol. The summed E-state index contributed by atoms with van der Waals surface area (Å²) >= 11 is 5.78. The molecule has 0 N–H and O–H groups in total. The third-order valence-electron chi connectivity index (χ3n) is 3.44. The Hall–Kier alpha value is -3.19. The van der Waals surface area contributed by atoms with Gasteiger partial charge in [-0.05, 0) is 24.3 Å². The minimum absolute atomic E-state index is 0.0107. The zero-order valence-electron chi connectivity index (χ0n) is 12.9. The molecule has 25 heavy (non-hydrogen) atoms. The molecule has 1 aliphatic heterocycles. The summed E-state index contributed by atoms with van der Waals surface area (Å²) in [7, 11) is 1.52. The molecule has 0 saturated carbocycles. The molecule has 0 radical (unpaired) electrons. The highest BCUT2D eigenvalue weighted by atomic mass is 35.5. The van der Waals surface area contributed by atoms with Gasteiger partial charge in [0.1, 0.15) is 10.8 Å². The zero-order chi connectivity index (χ0) is 18.0. The van der Waals surface area contributed by atoms with Crippen LogP contribution in [0.2, 0.25) is 5.02 Å². The molecule has 0 bridgehead atoms. The molecule has 3 rings (SSSR count). The van der Waals surface area contributed by atoms with E-state index >= 15 is 0 Å². The highest BCUT2D eigenvalue weighted by Gasteiger charge is 2.26. The number of para-hydroxylation sites is 1. The molecular formula is C17H11ClN2O5. The van der Waals surface area contributed by atoms with Crippen molar-refractivity contribution in [3.63, 3.8) is 0 Å². The topological polar surface area (TPSA) is 91.0 Å². The molecule has 0 unspecified atom stereocenters. The molecule has 7 nitrogen and oxygen atoms in total. The molecule has 2 aromatic carbocycles. The van der Waals surface area contributed by atoms with E-state index in [0.29, 0.717) is 11.3 Å². The number of aliphatic imine (C=N–C) groups is 1. The zero-order valence-corrected chi connectivity index (χ0v) is 13.7. The molecule has 0 spiro atoms. The minimum atomic E-state index is -0.654. The van der Waals surface area contributed by atoms with Crippen molar-refractivity contribution < 1.29 is 19.2 Å². The normalized spacial score (nSPS) is 15.0. The molecule has 0 fully saturated rings. The first-order valence-electron chi connectivity index (χ1n) is 7.09. The van der Waals surface area contributed by atoms with Gasteiger partial charge in [-0.1, -0.05) is 29.8 Å². The van der Waals surface area contributed by atoms with Gasteiger partial charge in [-0.15, -0.1) is 0 Å². The molecule has 126 valence electrons. The molecule has 0 aliphatic carbocycles. The van der Waals surface area contributed by atoms with Crippen LogP contribution in [0.25, 0.3) is 6.08 Å². The van der Waals surface area contributed by atoms with E-state index in [0.717, 1.165) is 0 Å². The van der Waals surface area contributed by atoms with Crippen molar-refractivity contribution >= 4 is 35.2 Å². The number of hydrogen-bond donors (Lipinski definition) is 0. The molecule has 0 aromatic heterocycles. The van der Waals surface area contributed by atoms with Crippen molar-refractivity contribution in [1.82, 2.24) is 0 Å². The van der Waals surface area contributed by atoms with Gasteiger partial charge in [0, 0.05) is 17.2 Å². The summed E-state index contributed by atoms with van der Waals surface area (Å²) in [5.74, 6) is -0.0991. The molecule has 1 aliphatic rings. The number of nitro groups is 1. The Morgan fingerprint density at radius 1 is 1.28 bits per heavy atom. The van der Waals surface area contributed by atoms with E-state index in [1.165, 1.54) is 31.4 Å². The summed E-state index contributed by atoms with van der Waals surface area (Å²) in [6.45, 7) is 0. The van der Waals surface area contributed by atoms with E-state index in [1.54, 1.807) is 24.3 Å². The van der Waals surface area contributed by atoms with Gasteiger partial charge in [0.15, 0.2) is 5.70 Å². The number of carbonyl (C=O) groups excluding carboxylic acids is 1. The van der Waals surface area contributed by atoms with Crippen LogP contribution in [0.15, 0.2) is 53.2 Å². The number of carbonyl (C=O) groups is 1. The number of benzene rings is 2. The summed E-state index contributed by atoms with van der Waals surface area (Å²) in [6.07, 6.45) is 1.53. The highest BCUT2D eigenvalue weighted by molar-refractivity contribution is 6.32. The van der Waals surface area contributed by atoms with Crippen molar-refractivity contribution in [2.24, 2.45) is 4.99 Å². The Morgan fingerprint density at radius 2 is 2.04 bits per heavy atom. The van der Waals surface area contributed by atoms with Crippen LogP contribution >= 0.6 is 11.6 Å². The lowest BCUT2D eigenvalue weighted by atomic mass is 10.1. The fourth-order valence-electron chi connectivity index (χ4n) is 2.25. The quantitative estimate of drug-likeness (QED) is 0.360. The maximum absolute atomic E-state index is 12.0. The van der Waals surface area contributed by atoms with Gasteiger partial charge in [-0.3, -0.25) is 10.1 Å². The van der Waals surface area contributed by atoms with Crippen LogP contribution < -0.4 is 4.74 Å². The summed E-state index contributed by atoms with van der Waals surface area (Å²) in [5.41, 5.74) is 0.717. The Labute approximate surface area is 147 Å². The van der Waals surface area contributed by atoms with Gasteiger partial charge in [0.25, 0.3) is 5.69 Å². The van der Waals surface area contributed by atoms with Crippen LogP contribution in [0.1, 0.15) is 11.1 Å². The summed E-state index contributed by atoms with van der Waals surface area (Å²) in [6, 6.07) is 11.2. The number of esters is 1. The first-order valence-corrected chi connectivity index (χ1v) is 7.47. The predicted molar refractivity (Wildman–Crippen MR) is 91.7 cm³/mol. The van der Waals surface area contributed by atoms with E-state index in [4.69, 9.17) is 21.1 Å². The SMILES string of the molecule is COc1ccccc1C=C1N=C(c2ccc(Cl)c([N+](=O)[O-])c2)OC1=O. The standard InChI is InChI=1S/C17H11ClN2O5/c1-24-15-5-3-2-4-10(15)8-13-17(21)25-16(19-13)11-6-7-12(18)14(9-11)20(22)23/h2-9H,1H3. The van der Waals surface area contributed by atoms with Crippen molar-refractivity contribution in [3.8, 4) is 5.75 Å². The van der Waals surface area contributed by atoms with Crippen LogP contribution in [0, 0.1) is 10.1 Å². The number of halogens is 1. The number of nitro benzene ring substituents is 1. The number of hydrogen-bond acceptors (Lipinski definition) is 6. The van der Waals surface area contributed by atoms with Crippen LogP contribution in [0.5, 0.6) is 5.75 Å². The lowest BCUT2D eigenvalue weighted by Crippen LogP contribution is -2.06. The second kappa shape index (κ2) is 6.74. The molecule has 0 amide bonds. The van der Waals surface area contributed by atoms with Crippen molar-refractivity contribution in [1.29, 1.82) is 0 Å². The van der Waals surface area contributed by atoms with Crippen LogP contribution in [-0.2, 0) is 9.53 Å². The van der Waals surface area contributed by atoms with Crippen molar-refractivity contribution in [3.05, 3.63) is 74.4 Å². The second-order valence-electron chi connectivity index (χ2n) is 5.00. The van der Waals surface area contributed by atoms with E-state index in [1.807, 2.05) is 0 Å². The number of ether oxygens (including phenoxy) is 2. The first kappa shape index (κ1) is 16.7. The van der Waals surface area contributed by atoms with E-state index in [9.17, 15) is 14.9 Å². The first-order chi connectivity index (χ1) is 12.0. The maximum Gasteiger partial charge on any atom is 0.363 e. The Bertz CT molecular complexity index is 936. The fourth-order valence-corrected chi connectivity index (χ4v) is 2.44. The average molecular weight is 359 g/mol. The summed E-state index contributed by atoms with van der Waals surface area (Å²) in [5, 5.41) is 11.0. The van der Waals surface area contributed by atoms with Gasteiger partial charge in [-0.25, -0.2) is 9.79 Å². The lowest BCUT2D eigenvalue weighted by molar-refractivity contribution is -0.384. The van der Waals surface area contributed by atoms with E-state index in [2.05, 4.69) is 4.99 Å². The molecule has 1 heterocycles. The highest BCUT2D eigenvalue weighted by Crippen LogP contribution is 2.28. The van der Waals surface area contributed by atoms with Gasteiger partial charge in [-0.2, -0.15) is 0 Å². The third kappa shape index (κ3) is 3.36. The van der Waals surface area contributed by atoms with Gasteiger partial charge in [0.2, 0.25) is 5.90 Å². The van der Waals surface area contributed by atoms with Gasteiger partial charge < -0.3 is 9.47 Å². The Balaban J connectivity index is 1.99. The summed E-state index contributed by atoms with van der Waals surface area (Å²) in [4.78, 5) is 26.5. The van der Waals surface area contributed by atoms with Gasteiger partial charge >= 0.3 is 5.97 Å². The molecule has 2 aromatic rings. The molecular weight excluding hydrogens is 348 g/mol. The van der Waals surface area contributed by atoms with Crippen molar-refractivity contribution in [2.45, 2.75) is 0 Å². The lowest BCUT2D eigenvalue weighted by Gasteiger charge is -2.03. The van der Waals surface area contributed by atoms with Crippen LogP contribution in [-0.4, -0.2) is 23.9 Å². The Kier molecular flexibility index (Phi) is 4.49. The molecule has 0 atom stereocenters. The molecule has 0 saturated heterocycles. The van der Waals surface area contributed by atoms with E-state index in [-0.39, 0.29) is 27.9 Å². The smallest absolute Gasteiger partial charge is 0.363 e. The maximum atomic E-state index is 12.0. The number of methoxy groups -OCH3 is 1. The number of rotatable bonds is 4. The third-order valence-corrected chi connectivity index (χ3v) is 3.76. The van der Waals surface area contributed by atoms with Crippen LogP contribution in [0.3, 0.4) is 0 Å². The van der Waals surface area contributed by atoms with Gasteiger partial charge in [0.05, 0.1) is 12.0 Å². The number of nitrogens with zero attached hydrogens (tertiary/aromatic N) is 2. The largest absolute Gasteiger partial charge is 0.496 e. The minimum Gasteiger partial charge on any atom is -0.496 e. The molecule has 8 heteroatoms.